The molecule has 1 aromatic carbocycles. The maximum Gasteiger partial charge on any atom is 0.257 e. The van der Waals surface area contributed by atoms with Gasteiger partial charge >= 0.3 is 0 Å². The van der Waals surface area contributed by atoms with Crippen molar-refractivity contribution in [2.24, 2.45) is 0 Å². The largest absolute Gasteiger partial charge is 0.494 e. The van der Waals surface area contributed by atoms with Gasteiger partial charge < -0.3 is 9.64 Å². The molecule has 1 amide bonds. The maximum absolute atomic E-state index is 13.0. The average Bonchev–Trinajstić information content (AvgIpc) is 3.38. The smallest absolute Gasteiger partial charge is 0.257 e. The lowest BCUT2D eigenvalue weighted by Gasteiger charge is -2.23. The van der Waals surface area contributed by atoms with E-state index in [9.17, 15) is 4.79 Å². The Bertz CT molecular complexity index is 907. The molecular weight excluding hydrogens is 328 g/mol. The van der Waals surface area contributed by atoms with Gasteiger partial charge in [-0.3, -0.25) is 9.78 Å². The minimum absolute atomic E-state index is 0.0145. The van der Waals surface area contributed by atoms with E-state index in [1.807, 2.05) is 47.4 Å². The van der Waals surface area contributed by atoms with E-state index in [1.165, 1.54) is 0 Å². The first-order valence-corrected chi connectivity index (χ1v) is 8.68. The molecule has 1 aliphatic rings. The highest BCUT2D eigenvalue weighted by atomic mass is 16.5. The number of pyridine rings is 1. The monoisotopic (exact) mass is 348 g/mol. The summed E-state index contributed by atoms with van der Waals surface area (Å²) in [6.07, 6.45) is 7.06. The van der Waals surface area contributed by atoms with E-state index in [1.54, 1.807) is 30.4 Å². The number of carbonyl (C=O) groups excluding carboxylic acids is 1. The summed E-state index contributed by atoms with van der Waals surface area (Å²) in [5, 5.41) is 4.36. The number of carbonyl (C=O) groups is 1. The topological polar surface area (TPSA) is 60.2 Å². The number of para-hydroxylation sites is 2. The SMILES string of the molecule is COc1ccccc1-n1cc(C(=O)N2CCCC2c2ccccn2)cn1. The van der Waals surface area contributed by atoms with E-state index in [-0.39, 0.29) is 11.9 Å². The van der Waals surface area contributed by atoms with Gasteiger partial charge in [0.1, 0.15) is 11.4 Å². The molecule has 26 heavy (non-hydrogen) atoms. The lowest BCUT2D eigenvalue weighted by atomic mass is 10.1. The van der Waals surface area contributed by atoms with Gasteiger partial charge in [-0.15, -0.1) is 0 Å². The Morgan fingerprint density at radius 1 is 1.19 bits per heavy atom. The summed E-state index contributed by atoms with van der Waals surface area (Å²) in [6.45, 7) is 0.736. The van der Waals surface area contributed by atoms with Crippen LogP contribution in [0.25, 0.3) is 5.69 Å². The van der Waals surface area contributed by atoms with Gasteiger partial charge in [-0.1, -0.05) is 18.2 Å². The highest BCUT2D eigenvalue weighted by Gasteiger charge is 2.32. The van der Waals surface area contributed by atoms with Crippen LogP contribution in [0, 0.1) is 0 Å². The number of ether oxygens (including phenoxy) is 1. The molecule has 132 valence electrons. The number of rotatable bonds is 4. The molecule has 4 rings (SSSR count). The predicted molar refractivity (Wildman–Crippen MR) is 97.4 cm³/mol. The maximum atomic E-state index is 13.0. The minimum atomic E-state index is -0.0145. The third-order valence-electron chi connectivity index (χ3n) is 4.70. The lowest BCUT2D eigenvalue weighted by Crippen LogP contribution is -2.30. The van der Waals surface area contributed by atoms with Gasteiger partial charge in [-0.2, -0.15) is 5.10 Å². The molecule has 0 bridgehead atoms. The van der Waals surface area contributed by atoms with Gasteiger partial charge in [-0.25, -0.2) is 4.68 Å². The Morgan fingerprint density at radius 2 is 2.04 bits per heavy atom. The van der Waals surface area contributed by atoms with Crippen LogP contribution in [0.5, 0.6) is 5.75 Å². The highest BCUT2D eigenvalue weighted by Crippen LogP contribution is 2.32. The number of methoxy groups -OCH3 is 1. The molecule has 2 aromatic heterocycles. The van der Waals surface area contributed by atoms with Crippen molar-refractivity contribution in [2.45, 2.75) is 18.9 Å². The van der Waals surface area contributed by atoms with Gasteiger partial charge in [0.05, 0.1) is 30.6 Å². The van der Waals surface area contributed by atoms with Crippen LogP contribution in [0.4, 0.5) is 0 Å². The zero-order valence-corrected chi connectivity index (χ0v) is 14.6. The van der Waals surface area contributed by atoms with Crippen LogP contribution in [0.2, 0.25) is 0 Å². The molecule has 1 aliphatic heterocycles. The first kappa shape index (κ1) is 16.3. The van der Waals surface area contributed by atoms with E-state index in [0.717, 1.165) is 30.8 Å². The van der Waals surface area contributed by atoms with Crippen molar-refractivity contribution in [3.8, 4) is 11.4 Å². The summed E-state index contributed by atoms with van der Waals surface area (Å²) >= 11 is 0. The van der Waals surface area contributed by atoms with Crippen LogP contribution < -0.4 is 4.74 Å². The fraction of sp³-hybridized carbons (Fsp3) is 0.250. The Labute approximate surface area is 152 Å². The van der Waals surface area contributed by atoms with E-state index in [4.69, 9.17) is 4.74 Å². The predicted octanol–water partition coefficient (Wildman–Crippen LogP) is 3.25. The quantitative estimate of drug-likeness (QED) is 0.726. The van der Waals surface area contributed by atoms with Crippen LogP contribution >= 0.6 is 0 Å². The van der Waals surface area contributed by atoms with Gasteiger partial charge in [-0.05, 0) is 37.1 Å². The van der Waals surface area contributed by atoms with E-state index in [2.05, 4.69) is 10.1 Å². The fourth-order valence-electron chi connectivity index (χ4n) is 3.44. The van der Waals surface area contributed by atoms with Crippen molar-refractivity contribution in [3.05, 3.63) is 72.3 Å². The number of likely N-dealkylation sites (tertiary alicyclic amines) is 1. The van der Waals surface area contributed by atoms with Gasteiger partial charge in [0.25, 0.3) is 5.91 Å². The normalized spacial score (nSPS) is 16.7. The van der Waals surface area contributed by atoms with Crippen molar-refractivity contribution >= 4 is 5.91 Å². The minimum Gasteiger partial charge on any atom is -0.494 e. The van der Waals surface area contributed by atoms with Crippen molar-refractivity contribution in [1.29, 1.82) is 0 Å². The molecule has 1 unspecified atom stereocenters. The molecule has 0 saturated carbocycles. The van der Waals surface area contributed by atoms with Crippen molar-refractivity contribution < 1.29 is 9.53 Å². The first-order chi connectivity index (χ1) is 12.8. The summed E-state index contributed by atoms with van der Waals surface area (Å²) in [5.74, 6) is 0.696. The number of aromatic nitrogens is 3. The van der Waals surface area contributed by atoms with Crippen LogP contribution in [-0.2, 0) is 0 Å². The molecule has 3 heterocycles. The second-order valence-electron chi connectivity index (χ2n) is 6.26. The number of nitrogens with zero attached hydrogens (tertiary/aromatic N) is 4. The highest BCUT2D eigenvalue weighted by molar-refractivity contribution is 5.94. The third kappa shape index (κ3) is 2.94. The van der Waals surface area contributed by atoms with Gasteiger partial charge in [0.2, 0.25) is 0 Å². The molecule has 6 heteroatoms. The standard InChI is InChI=1S/C20H20N4O2/c1-26-19-10-3-2-8-18(19)24-14-15(13-22-24)20(25)23-12-6-9-17(23)16-7-4-5-11-21-16/h2-5,7-8,10-11,13-14,17H,6,9,12H2,1H3. The molecule has 1 fully saturated rings. The fourth-order valence-corrected chi connectivity index (χ4v) is 3.44. The molecule has 0 aliphatic carbocycles. The molecule has 0 N–H and O–H groups in total. The van der Waals surface area contributed by atoms with Crippen LogP contribution in [-0.4, -0.2) is 39.2 Å². The number of hydrogen-bond acceptors (Lipinski definition) is 4. The van der Waals surface area contributed by atoms with Crippen molar-refractivity contribution in [2.75, 3.05) is 13.7 Å². The Kier molecular flexibility index (Phi) is 4.39. The van der Waals surface area contributed by atoms with Crippen molar-refractivity contribution in [3.63, 3.8) is 0 Å². The molecule has 1 saturated heterocycles. The van der Waals surface area contributed by atoms with Crippen LogP contribution in [0.15, 0.2) is 61.1 Å². The molecule has 3 aromatic rings. The van der Waals surface area contributed by atoms with Crippen LogP contribution in [0.3, 0.4) is 0 Å². The Balaban J connectivity index is 1.60. The summed E-state index contributed by atoms with van der Waals surface area (Å²) in [5.41, 5.74) is 2.31. The summed E-state index contributed by atoms with van der Waals surface area (Å²) in [6, 6.07) is 13.5. The van der Waals surface area contributed by atoms with Gasteiger partial charge in [0.15, 0.2) is 0 Å². The number of amides is 1. The number of hydrogen-bond donors (Lipinski definition) is 0. The molecule has 0 spiro atoms. The van der Waals surface area contributed by atoms with E-state index >= 15 is 0 Å². The second kappa shape index (κ2) is 7.00. The first-order valence-electron chi connectivity index (χ1n) is 8.68. The van der Waals surface area contributed by atoms with Gasteiger partial charge in [0, 0.05) is 18.9 Å². The third-order valence-corrected chi connectivity index (χ3v) is 4.70. The Morgan fingerprint density at radius 3 is 2.85 bits per heavy atom. The zero-order chi connectivity index (χ0) is 17.9. The molecule has 6 nitrogen and oxygen atoms in total. The number of benzene rings is 1. The lowest BCUT2D eigenvalue weighted by molar-refractivity contribution is 0.0733. The molecular formula is C20H20N4O2. The zero-order valence-electron chi connectivity index (χ0n) is 14.6. The molecule has 0 radical (unpaired) electrons. The average molecular weight is 348 g/mol. The van der Waals surface area contributed by atoms with E-state index < -0.39 is 0 Å². The van der Waals surface area contributed by atoms with Crippen LogP contribution in [0.1, 0.15) is 34.9 Å². The summed E-state index contributed by atoms with van der Waals surface area (Å²) in [7, 11) is 1.62. The van der Waals surface area contributed by atoms with E-state index in [0.29, 0.717) is 11.3 Å². The molecule has 1 atom stereocenters. The summed E-state index contributed by atoms with van der Waals surface area (Å²) < 4.78 is 7.06. The Hall–Kier alpha value is -3.15. The van der Waals surface area contributed by atoms with Crippen molar-refractivity contribution in [1.82, 2.24) is 19.7 Å². The summed E-state index contributed by atoms with van der Waals surface area (Å²) in [4.78, 5) is 19.4. The second-order valence-corrected chi connectivity index (χ2v) is 6.26.